The maximum Gasteiger partial charge on any atom is 0.291 e. The van der Waals surface area contributed by atoms with Gasteiger partial charge in [-0.3, -0.25) is 19.7 Å². The van der Waals surface area contributed by atoms with Crippen molar-refractivity contribution in [2.24, 2.45) is 0 Å². The predicted molar refractivity (Wildman–Crippen MR) is 102 cm³/mol. The molecule has 3 aromatic rings. The topological polar surface area (TPSA) is 114 Å². The summed E-state index contributed by atoms with van der Waals surface area (Å²) in [5.41, 5.74) is 1.22. The van der Waals surface area contributed by atoms with Crippen LogP contribution in [-0.4, -0.2) is 16.7 Å². The molecule has 0 unspecified atom stereocenters. The third-order valence-corrected chi connectivity index (χ3v) is 4.10. The summed E-state index contributed by atoms with van der Waals surface area (Å²) >= 11 is 5.96. The maximum atomic E-state index is 12.3. The van der Waals surface area contributed by atoms with Gasteiger partial charge >= 0.3 is 0 Å². The second-order valence-electron chi connectivity index (χ2n) is 5.74. The van der Waals surface area contributed by atoms with Crippen molar-refractivity contribution < 1.29 is 18.9 Å². The van der Waals surface area contributed by atoms with Crippen LogP contribution in [0.2, 0.25) is 5.02 Å². The van der Waals surface area contributed by atoms with Gasteiger partial charge in [-0.25, -0.2) is 0 Å². The van der Waals surface area contributed by atoms with Crippen LogP contribution in [0.3, 0.4) is 0 Å². The minimum atomic E-state index is -0.587. The fraction of sp³-hybridized carbons (Fsp3) is 0.0526. The molecule has 8 nitrogen and oxygen atoms in total. The number of nitrogens with one attached hydrogen (secondary N) is 2. The second-order valence-corrected chi connectivity index (χ2v) is 6.14. The van der Waals surface area contributed by atoms with Crippen molar-refractivity contribution in [3.8, 4) is 0 Å². The number of carbonyl (C=O) groups excluding carboxylic acids is 2. The van der Waals surface area contributed by atoms with Crippen LogP contribution in [0.15, 0.2) is 65.3 Å². The van der Waals surface area contributed by atoms with Gasteiger partial charge in [0.2, 0.25) is 0 Å². The molecule has 9 heteroatoms. The molecule has 1 heterocycles. The Kier molecular flexibility index (Phi) is 5.71. The zero-order chi connectivity index (χ0) is 20.1. The van der Waals surface area contributed by atoms with Gasteiger partial charge in [-0.2, -0.15) is 0 Å². The predicted octanol–water partition coefficient (Wildman–Crippen LogP) is 4.02. The van der Waals surface area contributed by atoms with Gasteiger partial charge in [0.05, 0.1) is 21.8 Å². The molecular formula is C19H14ClN3O5. The first kappa shape index (κ1) is 19.1. The van der Waals surface area contributed by atoms with Crippen molar-refractivity contribution in [2.45, 2.75) is 6.54 Å². The van der Waals surface area contributed by atoms with Crippen molar-refractivity contribution in [1.29, 1.82) is 0 Å². The largest absolute Gasteiger partial charge is 0.459 e. The Morgan fingerprint density at radius 2 is 1.89 bits per heavy atom. The molecule has 0 aliphatic rings. The third kappa shape index (κ3) is 4.54. The molecule has 0 saturated heterocycles. The standard InChI is InChI=1S/C19H14ClN3O5/c20-16-10-14(23(26)27)6-7-15(16)18(24)21-11-12-3-1-4-13(9-12)22-19(25)17-5-2-8-28-17/h1-10H,11H2,(H,21,24)(H,22,25). The van der Waals surface area contributed by atoms with E-state index in [9.17, 15) is 19.7 Å². The molecule has 3 rings (SSSR count). The Labute approximate surface area is 164 Å². The lowest BCUT2D eigenvalue weighted by atomic mass is 10.1. The molecule has 0 radical (unpaired) electrons. The highest BCUT2D eigenvalue weighted by atomic mass is 35.5. The van der Waals surface area contributed by atoms with Crippen molar-refractivity contribution >= 4 is 34.8 Å². The summed E-state index contributed by atoms with van der Waals surface area (Å²) in [5.74, 6) is -0.666. The van der Waals surface area contributed by atoms with Gasteiger partial charge in [0, 0.05) is 24.4 Å². The van der Waals surface area contributed by atoms with E-state index in [1.807, 2.05) is 0 Å². The molecular weight excluding hydrogens is 386 g/mol. The summed E-state index contributed by atoms with van der Waals surface area (Å²) in [6.07, 6.45) is 1.41. The van der Waals surface area contributed by atoms with Crippen molar-refractivity contribution in [2.75, 3.05) is 5.32 Å². The highest BCUT2D eigenvalue weighted by molar-refractivity contribution is 6.34. The quantitative estimate of drug-likeness (QED) is 0.479. The summed E-state index contributed by atoms with van der Waals surface area (Å²) in [7, 11) is 0. The number of nitro benzene ring substituents is 1. The summed E-state index contributed by atoms with van der Waals surface area (Å²) in [5, 5.41) is 16.1. The lowest BCUT2D eigenvalue weighted by Gasteiger charge is -2.09. The highest BCUT2D eigenvalue weighted by Crippen LogP contribution is 2.22. The fourth-order valence-corrected chi connectivity index (χ4v) is 2.70. The molecule has 2 aromatic carbocycles. The van der Waals surface area contributed by atoms with Crippen LogP contribution in [0.1, 0.15) is 26.5 Å². The van der Waals surface area contributed by atoms with E-state index in [-0.39, 0.29) is 34.5 Å². The van der Waals surface area contributed by atoms with Crippen LogP contribution in [-0.2, 0) is 6.54 Å². The number of carbonyl (C=O) groups is 2. The third-order valence-electron chi connectivity index (χ3n) is 3.79. The number of nitrogens with zero attached hydrogens (tertiary/aromatic N) is 1. The van der Waals surface area contributed by atoms with Gasteiger partial charge in [0.25, 0.3) is 17.5 Å². The monoisotopic (exact) mass is 399 g/mol. The van der Waals surface area contributed by atoms with Crippen LogP contribution < -0.4 is 10.6 Å². The summed E-state index contributed by atoms with van der Waals surface area (Å²) < 4.78 is 5.04. The Morgan fingerprint density at radius 3 is 2.57 bits per heavy atom. The average molecular weight is 400 g/mol. The molecule has 0 aliphatic carbocycles. The zero-order valence-corrected chi connectivity index (χ0v) is 15.1. The first-order valence-electron chi connectivity index (χ1n) is 8.10. The molecule has 1 aromatic heterocycles. The van der Waals surface area contributed by atoms with Crippen LogP contribution in [0.25, 0.3) is 0 Å². The number of halogens is 1. The maximum absolute atomic E-state index is 12.3. The molecule has 0 fully saturated rings. The van der Waals surface area contributed by atoms with Crippen molar-refractivity contribution in [1.82, 2.24) is 5.32 Å². The van der Waals surface area contributed by atoms with E-state index < -0.39 is 10.8 Å². The van der Waals surface area contributed by atoms with Crippen molar-refractivity contribution in [3.05, 3.63) is 92.9 Å². The lowest BCUT2D eigenvalue weighted by molar-refractivity contribution is -0.384. The van der Waals surface area contributed by atoms with Gasteiger partial charge in [0.1, 0.15) is 0 Å². The summed E-state index contributed by atoms with van der Waals surface area (Å²) in [6.45, 7) is 0.177. The van der Waals surface area contributed by atoms with Gasteiger partial charge in [-0.1, -0.05) is 23.7 Å². The van der Waals surface area contributed by atoms with Gasteiger partial charge in [-0.05, 0) is 35.9 Å². The average Bonchev–Trinajstić information content (AvgIpc) is 3.21. The number of furan rings is 1. The van der Waals surface area contributed by atoms with E-state index in [4.69, 9.17) is 16.0 Å². The van der Waals surface area contributed by atoms with Crippen LogP contribution >= 0.6 is 11.6 Å². The normalized spacial score (nSPS) is 10.3. The first-order valence-corrected chi connectivity index (χ1v) is 8.48. The number of rotatable bonds is 6. The number of amides is 2. The molecule has 0 spiro atoms. The molecule has 2 amide bonds. The number of nitro groups is 1. The van der Waals surface area contributed by atoms with Gasteiger partial charge in [0.15, 0.2) is 5.76 Å². The molecule has 142 valence electrons. The van der Waals surface area contributed by atoms with E-state index >= 15 is 0 Å². The highest BCUT2D eigenvalue weighted by Gasteiger charge is 2.15. The van der Waals surface area contributed by atoms with E-state index in [1.165, 1.54) is 18.4 Å². The first-order chi connectivity index (χ1) is 13.4. The van der Waals surface area contributed by atoms with E-state index in [2.05, 4.69) is 10.6 Å². The number of benzene rings is 2. The lowest BCUT2D eigenvalue weighted by Crippen LogP contribution is -2.23. The Bertz CT molecular complexity index is 1030. The molecule has 28 heavy (non-hydrogen) atoms. The zero-order valence-electron chi connectivity index (χ0n) is 14.3. The Balaban J connectivity index is 1.64. The number of hydrogen-bond acceptors (Lipinski definition) is 5. The summed E-state index contributed by atoms with van der Waals surface area (Å²) in [4.78, 5) is 34.5. The molecule has 0 aliphatic heterocycles. The Hall–Kier alpha value is -3.65. The van der Waals surface area contributed by atoms with E-state index in [1.54, 1.807) is 36.4 Å². The number of hydrogen-bond donors (Lipinski definition) is 2. The van der Waals surface area contributed by atoms with Crippen molar-refractivity contribution in [3.63, 3.8) is 0 Å². The number of anilines is 1. The number of non-ortho nitro benzene ring substituents is 1. The van der Waals surface area contributed by atoms with Gasteiger partial charge < -0.3 is 15.1 Å². The second kappa shape index (κ2) is 8.36. The molecule has 2 N–H and O–H groups in total. The fourth-order valence-electron chi connectivity index (χ4n) is 2.44. The van der Waals surface area contributed by atoms with Crippen LogP contribution in [0.5, 0.6) is 0 Å². The molecule has 0 saturated carbocycles. The molecule has 0 bridgehead atoms. The smallest absolute Gasteiger partial charge is 0.291 e. The van der Waals surface area contributed by atoms with E-state index in [0.717, 1.165) is 11.6 Å². The van der Waals surface area contributed by atoms with Crippen LogP contribution in [0.4, 0.5) is 11.4 Å². The van der Waals surface area contributed by atoms with E-state index in [0.29, 0.717) is 5.69 Å². The van der Waals surface area contributed by atoms with Crippen LogP contribution in [0, 0.1) is 10.1 Å². The van der Waals surface area contributed by atoms with Gasteiger partial charge in [-0.15, -0.1) is 0 Å². The molecule has 0 atom stereocenters. The SMILES string of the molecule is O=C(Nc1cccc(CNC(=O)c2ccc([N+](=O)[O-])cc2Cl)c1)c1ccco1. The minimum Gasteiger partial charge on any atom is -0.459 e. The summed E-state index contributed by atoms with van der Waals surface area (Å²) in [6, 6.07) is 13.7. The minimum absolute atomic E-state index is 0.00818. The Morgan fingerprint density at radius 1 is 1.07 bits per heavy atom.